The summed E-state index contributed by atoms with van der Waals surface area (Å²) in [4.78, 5) is 0. The van der Waals surface area contributed by atoms with E-state index in [0.717, 1.165) is 10.0 Å². The molecule has 2 N–H and O–H groups in total. The van der Waals surface area contributed by atoms with E-state index in [9.17, 15) is 13.2 Å². The van der Waals surface area contributed by atoms with Crippen molar-refractivity contribution in [2.45, 2.75) is 19.0 Å². The van der Waals surface area contributed by atoms with Crippen molar-refractivity contribution in [1.82, 2.24) is 0 Å². The van der Waals surface area contributed by atoms with Crippen molar-refractivity contribution >= 4 is 15.9 Å². The standard InChI is InChI=1S/C13H17BrF3NO2/c14-11-4-1-3-10(5-6-18)12(11)20-8-2-7-19-9-13(15,16)17/h1,3-4H,2,5-9,18H2. The highest BCUT2D eigenvalue weighted by molar-refractivity contribution is 9.10. The van der Waals surface area contributed by atoms with Gasteiger partial charge in [-0.05, 0) is 40.5 Å². The summed E-state index contributed by atoms with van der Waals surface area (Å²) >= 11 is 3.38. The van der Waals surface area contributed by atoms with E-state index in [1.807, 2.05) is 18.2 Å². The van der Waals surface area contributed by atoms with E-state index >= 15 is 0 Å². The lowest BCUT2D eigenvalue weighted by Crippen LogP contribution is -2.18. The average Bonchev–Trinajstić information content (AvgIpc) is 2.35. The molecule has 0 saturated carbocycles. The summed E-state index contributed by atoms with van der Waals surface area (Å²) in [5, 5.41) is 0. The fourth-order valence-electron chi connectivity index (χ4n) is 1.59. The third-order valence-electron chi connectivity index (χ3n) is 2.41. The molecule has 3 nitrogen and oxygen atoms in total. The number of nitrogens with two attached hydrogens (primary N) is 1. The van der Waals surface area contributed by atoms with E-state index in [0.29, 0.717) is 25.1 Å². The number of hydrogen-bond acceptors (Lipinski definition) is 3. The van der Waals surface area contributed by atoms with Crippen LogP contribution in [0.3, 0.4) is 0 Å². The molecule has 0 aliphatic heterocycles. The van der Waals surface area contributed by atoms with Crippen molar-refractivity contribution < 1.29 is 22.6 Å². The predicted molar refractivity (Wildman–Crippen MR) is 73.9 cm³/mol. The molecule has 0 amide bonds. The van der Waals surface area contributed by atoms with E-state index in [1.165, 1.54) is 0 Å². The molecule has 114 valence electrons. The monoisotopic (exact) mass is 355 g/mol. The molecule has 1 aromatic rings. The zero-order chi connectivity index (χ0) is 15.0. The number of ether oxygens (including phenoxy) is 2. The van der Waals surface area contributed by atoms with Crippen LogP contribution in [-0.2, 0) is 11.2 Å². The Labute approximate surface area is 124 Å². The van der Waals surface area contributed by atoms with Gasteiger partial charge in [0.15, 0.2) is 0 Å². The third-order valence-corrected chi connectivity index (χ3v) is 3.03. The van der Waals surface area contributed by atoms with Crippen LogP contribution < -0.4 is 10.5 Å². The maximum Gasteiger partial charge on any atom is 0.411 e. The van der Waals surface area contributed by atoms with Crippen LogP contribution in [0, 0.1) is 0 Å². The zero-order valence-electron chi connectivity index (χ0n) is 10.9. The number of halogens is 4. The molecular formula is C13H17BrF3NO2. The van der Waals surface area contributed by atoms with Gasteiger partial charge in [-0.15, -0.1) is 0 Å². The smallest absolute Gasteiger partial charge is 0.411 e. The van der Waals surface area contributed by atoms with Crippen LogP contribution in [0.2, 0.25) is 0 Å². The first-order chi connectivity index (χ1) is 9.44. The first-order valence-corrected chi connectivity index (χ1v) is 6.98. The summed E-state index contributed by atoms with van der Waals surface area (Å²) in [5.74, 6) is 0.689. The first kappa shape index (κ1) is 17.3. The fraction of sp³-hybridized carbons (Fsp3) is 0.538. The molecule has 0 heterocycles. The van der Waals surface area contributed by atoms with Gasteiger partial charge in [0, 0.05) is 6.42 Å². The second-order valence-electron chi connectivity index (χ2n) is 4.14. The summed E-state index contributed by atoms with van der Waals surface area (Å²) in [6, 6.07) is 5.64. The van der Waals surface area contributed by atoms with Gasteiger partial charge in [0.2, 0.25) is 0 Å². The summed E-state index contributed by atoms with van der Waals surface area (Å²) in [6.45, 7) is -0.420. The highest BCUT2D eigenvalue weighted by Gasteiger charge is 2.27. The minimum atomic E-state index is -4.28. The average molecular weight is 356 g/mol. The molecule has 1 rings (SSSR count). The van der Waals surface area contributed by atoms with Gasteiger partial charge >= 0.3 is 6.18 Å². The number of rotatable bonds is 8. The number of alkyl halides is 3. The molecule has 0 radical (unpaired) electrons. The van der Waals surface area contributed by atoms with Gasteiger partial charge in [-0.3, -0.25) is 0 Å². The number of benzene rings is 1. The second-order valence-corrected chi connectivity index (χ2v) is 4.99. The van der Waals surface area contributed by atoms with Gasteiger partial charge in [-0.1, -0.05) is 12.1 Å². The Morgan fingerprint density at radius 2 is 1.95 bits per heavy atom. The molecule has 0 atom stereocenters. The van der Waals surface area contributed by atoms with Crippen LogP contribution in [0.25, 0.3) is 0 Å². The van der Waals surface area contributed by atoms with Crippen LogP contribution >= 0.6 is 15.9 Å². The predicted octanol–water partition coefficient (Wildman–Crippen LogP) is 3.30. The molecule has 1 aromatic carbocycles. The fourth-order valence-corrected chi connectivity index (χ4v) is 2.11. The largest absolute Gasteiger partial charge is 0.492 e. The Hall–Kier alpha value is -0.790. The van der Waals surface area contributed by atoms with Crippen molar-refractivity contribution in [3.63, 3.8) is 0 Å². The number of para-hydroxylation sites is 1. The Morgan fingerprint density at radius 3 is 2.60 bits per heavy atom. The van der Waals surface area contributed by atoms with Crippen molar-refractivity contribution in [2.24, 2.45) is 5.73 Å². The third kappa shape index (κ3) is 6.58. The van der Waals surface area contributed by atoms with Crippen molar-refractivity contribution in [1.29, 1.82) is 0 Å². The minimum Gasteiger partial charge on any atom is -0.492 e. The Morgan fingerprint density at radius 1 is 1.20 bits per heavy atom. The number of hydrogen-bond donors (Lipinski definition) is 1. The van der Waals surface area contributed by atoms with E-state index in [2.05, 4.69) is 20.7 Å². The quantitative estimate of drug-likeness (QED) is 0.727. The highest BCUT2D eigenvalue weighted by Crippen LogP contribution is 2.29. The van der Waals surface area contributed by atoms with Crippen LogP contribution in [0.15, 0.2) is 22.7 Å². The molecular weight excluding hydrogens is 339 g/mol. The van der Waals surface area contributed by atoms with Gasteiger partial charge in [0.25, 0.3) is 0 Å². The molecule has 0 aliphatic carbocycles. The first-order valence-electron chi connectivity index (χ1n) is 6.19. The van der Waals surface area contributed by atoms with Gasteiger partial charge < -0.3 is 15.2 Å². The highest BCUT2D eigenvalue weighted by atomic mass is 79.9. The Balaban J connectivity index is 2.35. The molecule has 0 aromatic heterocycles. The minimum absolute atomic E-state index is 0.0101. The maximum absolute atomic E-state index is 11.8. The lowest BCUT2D eigenvalue weighted by molar-refractivity contribution is -0.174. The lowest BCUT2D eigenvalue weighted by Gasteiger charge is -2.13. The molecule has 0 aliphatic rings. The van der Waals surface area contributed by atoms with E-state index < -0.39 is 12.8 Å². The van der Waals surface area contributed by atoms with Gasteiger partial charge in [-0.25, -0.2) is 0 Å². The van der Waals surface area contributed by atoms with Crippen LogP contribution in [-0.4, -0.2) is 32.5 Å². The molecule has 20 heavy (non-hydrogen) atoms. The van der Waals surface area contributed by atoms with Gasteiger partial charge in [0.05, 0.1) is 17.7 Å². The van der Waals surface area contributed by atoms with Crippen molar-refractivity contribution in [3.05, 3.63) is 28.2 Å². The maximum atomic E-state index is 11.8. The second kappa shape index (κ2) is 8.49. The Bertz CT molecular complexity index is 413. The van der Waals surface area contributed by atoms with Crippen LogP contribution in [0.5, 0.6) is 5.75 Å². The SMILES string of the molecule is NCCc1cccc(Br)c1OCCCOCC(F)(F)F. The zero-order valence-corrected chi connectivity index (χ0v) is 12.5. The molecule has 0 bridgehead atoms. The molecule has 0 fully saturated rings. The summed E-state index contributed by atoms with van der Waals surface area (Å²) in [5.41, 5.74) is 6.49. The summed E-state index contributed by atoms with van der Waals surface area (Å²) in [7, 11) is 0. The summed E-state index contributed by atoms with van der Waals surface area (Å²) < 4.78 is 46.4. The van der Waals surface area contributed by atoms with E-state index in [1.54, 1.807) is 0 Å². The van der Waals surface area contributed by atoms with Crippen molar-refractivity contribution in [2.75, 3.05) is 26.4 Å². The molecule has 7 heteroatoms. The van der Waals surface area contributed by atoms with E-state index in [-0.39, 0.29) is 13.2 Å². The van der Waals surface area contributed by atoms with Gasteiger partial charge in [0.1, 0.15) is 12.4 Å². The van der Waals surface area contributed by atoms with Crippen molar-refractivity contribution in [3.8, 4) is 5.75 Å². The van der Waals surface area contributed by atoms with E-state index in [4.69, 9.17) is 10.5 Å². The summed E-state index contributed by atoms with van der Waals surface area (Å²) in [6.07, 6.45) is -3.21. The van der Waals surface area contributed by atoms with Crippen LogP contribution in [0.1, 0.15) is 12.0 Å². The normalized spacial score (nSPS) is 11.7. The molecule has 0 spiro atoms. The Kier molecular flexibility index (Phi) is 7.32. The lowest BCUT2D eigenvalue weighted by atomic mass is 10.1. The molecule has 0 saturated heterocycles. The van der Waals surface area contributed by atoms with Crippen LogP contribution in [0.4, 0.5) is 13.2 Å². The molecule has 0 unspecified atom stereocenters. The van der Waals surface area contributed by atoms with Gasteiger partial charge in [-0.2, -0.15) is 13.2 Å². The topological polar surface area (TPSA) is 44.5 Å².